The van der Waals surface area contributed by atoms with E-state index in [-0.39, 0.29) is 5.91 Å². The number of aromatic nitrogens is 1. The van der Waals surface area contributed by atoms with Crippen molar-refractivity contribution in [2.24, 2.45) is 5.73 Å². The van der Waals surface area contributed by atoms with Crippen molar-refractivity contribution < 1.29 is 9.59 Å². The number of aryl methyl sites for hydroxylation is 2. The summed E-state index contributed by atoms with van der Waals surface area (Å²) >= 11 is 1.37. The van der Waals surface area contributed by atoms with Gasteiger partial charge >= 0.3 is 0 Å². The van der Waals surface area contributed by atoms with Crippen LogP contribution >= 0.6 is 11.3 Å². The summed E-state index contributed by atoms with van der Waals surface area (Å²) in [6.07, 6.45) is 1.82. The summed E-state index contributed by atoms with van der Waals surface area (Å²) in [5.74, 6) is -0.902. The first-order chi connectivity index (χ1) is 10.5. The van der Waals surface area contributed by atoms with E-state index in [9.17, 15) is 9.59 Å². The number of nitrogens with two attached hydrogens (primary N) is 1. The van der Waals surface area contributed by atoms with Gasteiger partial charge in [0, 0.05) is 0 Å². The summed E-state index contributed by atoms with van der Waals surface area (Å²) in [6, 6.07) is 8.12. The maximum Gasteiger partial charge on any atom is 0.264 e. The highest BCUT2D eigenvalue weighted by molar-refractivity contribution is 7.13. The normalized spacial score (nSPS) is 11.9. The fourth-order valence-corrected chi connectivity index (χ4v) is 3.21. The molecule has 0 aliphatic carbocycles. The number of carbonyl (C=O) groups excluding carboxylic acids is 2. The molecule has 0 saturated carbocycles. The zero-order valence-electron chi connectivity index (χ0n) is 12.6. The molecule has 1 atom stereocenters. The SMILES string of the molecule is CCCc1nc(C)c(C(=O)N[C@H](C(N)=O)c2ccccc2)s1. The minimum Gasteiger partial charge on any atom is -0.368 e. The number of hydrogen-bond acceptors (Lipinski definition) is 4. The highest BCUT2D eigenvalue weighted by atomic mass is 32.1. The molecule has 22 heavy (non-hydrogen) atoms. The van der Waals surface area contributed by atoms with Crippen LogP contribution in [0.5, 0.6) is 0 Å². The lowest BCUT2D eigenvalue weighted by atomic mass is 10.1. The predicted molar refractivity (Wildman–Crippen MR) is 86.7 cm³/mol. The quantitative estimate of drug-likeness (QED) is 0.857. The molecule has 0 saturated heterocycles. The van der Waals surface area contributed by atoms with E-state index in [1.165, 1.54) is 11.3 Å². The lowest BCUT2D eigenvalue weighted by molar-refractivity contribution is -0.120. The van der Waals surface area contributed by atoms with Crippen LogP contribution in [0.25, 0.3) is 0 Å². The first-order valence-electron chi connectivity index (χ1n) is 7.14. The molecular formula is C16H19N3O2S. The van der Waals surface area contributed by atoms with Gasteiger partial charge in [-0.2, -0.15) is 0 Å². The van der Waals surface area contributed by atoms with E-state index < -0.39 is 11.9 Å². The topological polar surface area (TPSA) is 85.1 Å². The largest absolute Gasteiger partial charge is 0.368 e. The fraction of sp³-hybridized carbons (Fsp3) is 0.312. The molecule has 1 aromatic heterocycles. The number of hydrogen-bond donors (Lipinski definition) is 2. The Morgan fingerprint density at radius 2 is 2.00 bits per heavy atom. The van der Waals surface area contributed by atoms with Crippen molar-refractivity contribution in [3.05, 3.63) is 51.5 Å². The second-order valence-corrected chi connectivity index (χ2v) is 6.08. The Morgan fingerprint density at radius 1 is 1.32 bits per heavy atom. The molecule has 116 valence electrons. The van der Waals surface area contributed by atoms with Gasteiger partial charge in [-0.1, -0.05) is 37.3 Å². The number of primary amides is 1. The Balaban J connectivity index is 2.20. The van der Waals surface area contributed by atoms with Crippen molar-refractivity contribution in [2.75, 3.05) is 0 Å². The molecule has 0 spiro atoms. The van der Waals surface area contributed by atoms with E-state index in [0.717, 1.165) is 17.8 Å². The maximum absolute atomic E-state index is 12.4. The first kappa shape index (κ1) is 16.2. The Kier molecular flexibility index (Phi) is 5.27. The van der Waals surface area contributed by atoms with Crippen molar-refractivity contribution in [1.82, 2.24) is 10.3 Å². The van der Waals surface area contributed by atoms with Crippen LogP contribution in [0.1, 0.15) is 45.3 Å². The summed E-state index contributed by atoms with van der Waals surface area (Å²) in [5.41, 5.74) is 6.77. The smallest absolute Gasteiger partial charge is 0.264 e. The van der Waals surface area contributed by atoms with Crippen molar-refractivity contribution >= 4 is 23.2 Å². The molecule has 0 aliphatic rings. The highest BCUT2D eigenvalue weighted by Crippen LogP contribution is 2.21. The third-order valence-electron chi connectivity index (χ3n) is 3.20. The number of carbonyl (C=O) groups is 2. The van der Waals surface area contributed by atoms with Crippen LogP contribution in [0.2, 0.25) is 0 Å². The number of rotatable bonds is 6. The highest BCUT2D eigenvalue weighted by Gasteiger charge is 2.23. The molecule has 0 unspecified atom stereocenters. The van der Waals surface area contributed by atoms with Gasteiger partial charge in [0.2, 0.25) is 5.91 Å². The molecular weight excluding hydrogens is 298 g/mol. The van der Waals surface area contributed by atoms with Gasteiger partial charge in [-0.05, 0) is 25.3 Å². The monoisotopic (exact) mass is 317 g/mol. The van der Waals surface area contributed by atoms with Crippen LogP contribution in [0.3, 0.4) is 0 Å². The van der Waals surface area contributed by atoms with Gasteiger partial charge in [-0.25, -0.2) is 4.98 Å². The lowest BCUT2D eigenvalue weighted by Crippen LogP contribution is -2.37. The third-order valence-corrected chi connectivity index (χ3v) is 4.42. The fourth-order valence-electron chi connectivity index (χ4n) is 2.14. The van der Waals surface area contributed by atoms with Gasteiger partial charge in [-0.15, -0.1) is 11.3 Å². The number of benzene rings is 1. The molecule has 0 aliphatic heterocycles. The van der Waals surface area contributed by atoms with Crippen LogP contribution in [-0.2, 0) is 11.2 Å². The van der Waals surface area contributed by atoms with E-state index in [1.807, 2.05) is 6.07 Å². The summed E-state index contributed by atoms with van der Waals surface area (Å²) < 4.78 is 0. The number of amides is 2. The summed E-state index contributed by atoms with van der Waals surface area (Å²) in [5, 5.41) is 3.63. The van der Waals surface area contributed by atoms with Gasteiger partial charge in [-0.3, -0.25) is 9.59 Å². The van der Waals surface area contributed by atoms with Crippen LogP contribution in [0, 0.1) is 6.92 Å². The minimum absolute atomic E-state index is 0.315. The molecule has 6 heteroatoms. The molecule has 1 aromatic carbocycles. The second kappa shape index (κ2) is 7.17. The molecule has 2 rings (SSSR count). The molecule has 1 heterocycles. The van der Waals surface area contributed by atoms with E-state index in [2.05, 4.69) is 17.2 Å². The zero-order valence-corrected chi connectivity index (χ0v) is 13.4. The molecule has 0 radical (unpaired) electrons. The zero-order chi connectivity index (χ0) is 16.1. The number of nitrogens with zero attached hydrogens (tertiary/aromatic N) is 1. The Labute approximate surface area is 133 Å². The summed E-state index contributed by atoms with van der Waals surface area (Å²) in [4.78, 5) is 29.0. The number of nitrogens with one attached hydrogen (secondary N) is 1. The van der Waals surface area contributed by atoms with Gasteiger partial charge in [0.15, 0.2) is 0 Å². The van der Waals surface area contributed by atoms with E-state index in [4.69, 9.17) is 5.73 Å². The lowest BCUT2D eigenvalue weighted by Gasteiger charge is -2.15. The molecule has 2 amide bonds. The standard InChI is InChI=1S/C16H19N3O2S/c1-3-7-12-18-10(2)14(22-12)16(21)19-13(15(17)20)11-8-5-4-6-9-11/h4-6,8-9,13H,3,7H2,1-2H3,(H2,17,20)(H,19,21)/t13-/m0/s1. The second-order valence-electron chi connectivity index (χ2n) is 4.99. The number of thiazole rings is 1. The van der Waals surface area contributed by atoms with Crippen LogP contribution in [0.15, 0.2) is 30.3 Å². The van der Waals surface area contributed by atoms with Crippen LogP contribution in [0.4, 0.5) is 0 Å². The van der Waals surface area contributed by atoms with Gasteiger partial charge < -0.3 is 11.1 Å². The van der Waals surface area contributed by atoms with Crippen LogP contribution < -0.4 is 11.1 Å². The summed E-state index contributed by atoms with van der Waals surface area (Å²) in [7, 11) is 0. The van der Waals surface area contributed by atoms with Crippen molar-refractivity contribution in [2.45, 2.75) is 32.7 Å². The molecule has 0 bridgehead atoms. The molecule has 0 fully saturated rings. The van der Waals surface area contributed by atoms with E-state index >= 15 is 0 Å². The third kappa shape index (κ3) is 3.71. The Hall–Kier alpha value is -2.21. The summed E-state index contributed by atoms with van der Waals surface area (Å²) in [6.45, 7) is 3.86. The average Bonchev–Trinajstić information content (AvgIpc) is 2.86. The minimum atomic E-state index is -0.843. The van der Waals surface area contributed by atoms with Gasteiger partial charge in [0.05, 0.1) is 10.7 Å². The first-order valence-corrected chi connectivity index (χ1v) is 7.96. The molecule has 3 N–H and O–H groups in total. The van der Waals surface area contributed by atoms with Crippen molar-refractivity contribution in [1.29, 1.82) is 0 Å². The van der Waals surface area contributed by atoms with Gasteiger partial charge in [0.25, 0.3) is 5.91 Å². The maximum atomic E-state index is 12.4. The van der Waals surface area contributed by atoms with Gasteiger partial charge in [0.1, 0.15) is 10.9 Å². The van der Waals surface area contributed by atoms with E-state index in [0.29, 0.717) is 16.1 Å². The predicted octanol–water partition coefficient (Wildman–Crippen LogP) is 2.36. The van der Waals surface area contributed by atoms with Crippen LogP contribution in [-0.4, -0.2) is 16.8 Å². The average molecular weight is 317 g/mol. The Bertz CT molecular complexity index is 667. The van der Waals surface area contributed by atoms with Crippen molar-refractivity contribution in [3.8, 4) is 0 Å². The Morgan fingerprint density at radius 3 is 2.59 bits per heavy atom. The molecule has 5 nitrogen and oxygen atoms in total. The van der Waals surface area contributed by atoms with E-state index in [1.54, 1.807) is 31.2 Å². The van der Waals surface area contributed by atoms with Crippen molar-refractivity contribution in [3.63, 3.8) is 0 Å². The molecule has 2 aromatic rings.